The van der Waals surface area contributed by atoms with E-state index < -0.39 is 29.1 Å². The van der Waals surface area contributed by atoms with E-state index in [9.17, 15) is 22.8 Å². The molecule has 4 rings (SSSR count). The molecule has 0 unspecified atom stereocenters. The number of hydrogen-bond acceptors (Lipinski definition) is 3. The Morgan fingerprint density at radius 1 is 1.03 bits per heavy atom. The molecule has 0 amide bonds. The summed E-state index contributed by atoms with van der Waals surface area (Å²) in [5.74, 6) is -1.96. The monoisotopic (exact) mass is 448 g/mol. The Morgan fingerprint density at radius 3 is 2.35 bits per heavy atom. The molecule has 0 spiro atoms. The van der Waals surface area contributed by atoms with E-state index in [2.05, 4.69) is 5.10 Å². The van der Waals surface area contributed by atoms with Crippen LogP contribution >= 0.6 is 11.6 Å². The maximum absolute atomic E-state index is 13.5. The Kier molecular flexibility index (Phi) is 5.35. The van der Waals surface area contributed by atoms with Gasteiger partial charge in [-0.05, 0) is 62.1 Å². The summed E-state index contributed by atoms with van der Waals surface area (Å²) < 4.78 is 42.1. The van der Waals surface area contributed by atoms with Crippen LogP contribution in [0.3, 0.4) is 0 Å². The number of aromatic nitrogens is 2. The third-order valence-electron chi connectivity index (χ3n) is 5.30. The second-order valence-electron chi connectivity index (χ2n) is 7.23. The number of rotatable bonds is 4. The maximum atomic E-state index is 13.5. The van der Waals surface area contributed by atoms with Crippen LogP contribution in [0.5, 0.6) is 0 Å². The van der Waals surface area contributed by atoms with Crippen LogP contribution in [0.4, 0.5) is 13.2 Å². The average Bonchev–Trinajstić information content (AvgIpc) is 3.12. The van der Waals surface area contributed by atoms with Gasteiger partial charge in [0.1, 0.15) is 5.69 Å². The van der Waals surface area contributed by atoms with Crippen molar-refractivity contribution in [3.05, 3.63) is 81.1 Å². The van der Waals surface area contributed by atoms with E-state index in [1.165, 1.54) is 22.9 Å². The fourth-order valence-electron chi connectivity index (χ4n) is 3.85. The molecule has 0 radical (unpaired) electrons. The van der Waals surface area contributed by atoms with Gasteiger partial charge in [-0.25, -0.2) is 9.48 Å². The fourth-order valence-corrected chi connectivity index (χ4v) is 4.11. The number of aromatic carboxylic acids is 1. The number of carbonyl (C=O) groups excluding carboxylic acids is 1. The van der Waals surface area contributed by atoms with Crippen molar-refractivity contribution in [3.63, 3.8) is 0 Å². The van der Waals surface area contributed by atoms with Gasteiger partial charge in [-0.1, -0.05) is 17.7 Å². The van der Waals surface area contributed by atoms with Crippen molar-refractivity contribution in [2.45, 2.75) is 31.9 Å². The smallest absolute Gasteiger partial charge is 0.417 e. The van der Waals surface area contributed by atoms with Crippen LogP contribution < -0.4 is 0 Å². The summed E-state index contributed by atoms with van der Waals surface area (Å²) in [5, 5.41) is 13.2. The highest BCUT2D eigenvalue weighted by Gasteiger charge is 2.38. The van der Waals surface area contributed by atoms with Gasteiger partial charge in [0.15, 0.2) is 0 Å². The van der Waals surface area contributed by atoms with Gasteiger partial charge in [0.2, 0.25) is 5.78 Å². The second kappa shape index (κ2) is 7.85. The number of fused-ring (bicyclic) bond motifs is 1. The van der Waals surface area contributed by atoms with Crippen LogP contribution in [-0.4, -0.2) is 26.6 Å². The first-order chi connectivity index (χ1) is 14.7. The van der Waals surface area contributed by atoms with Crippen molar-refractivity contribution >= 4 is 23.4 Å². The molecule has 1 aliphatic rings. The number of carbonyl (C=O) groups is 2. The molecular weight excluding hydrogens is 433 g/mol. The molecule has 160 valence electrons. The van der Waals surface area contributed by atoms with Gasteiger partial charge in [-0.3, -0.25) is 4.79 Å². The van der Waals surface area contributed by atoms with Crippen LogP contribution in [-0.2, 0) is 19.0 Å². The van der Waals surface area contributed by atoms with Crippen molar-refractivity contribution in [3.8, 4) is 5.69 Å². The molecule has 0 saturated heterocycles. The maximum Gasteiger partial charge on any atom is 0.417 e. The van der Waals surface area contributed by atoms with Crippen LogP contribution in [0.15, 0.2) is 42.5 Å². The first kappa shape index (κ1) is 21.1. The van der Waals surface area contributed by atoms with Gasteiger partial charge in [0, 0.05) is 11.3 Å². The predicted octanol–water partition coefficient (Wildman–Crippen LogP) is 5.35. The van der Waals surface area contributed by atoms with E-state index in [-0.39, 0.29) is 16.3 Å². The molecule has 1 heterocycles. The third kappa shape index (κ3) is 3.83. The molecule has 1 aromatic heterocycles. The van der Waals surface area contributed by atoms with E-state index in [1.54, 1.807) is 12.1 Å². The lowest BCUT2D eigenvalue weighted by atomic mass is 9.92. The molecule has 0 saturated carbocycles. The fraction of sp³-hybridized carbons (Fsp3) is 0.227. The summed E-state index contributed by atoms with van der Waals surface area (Å²) in [6.45, 7) is 0. The molecule has 1 N–H and O–H groups in total. The largest absolute Gasteiger partial charge is 0.478 e. The molecule has 1 aliphatic carbocycles. The Labute approximate surface area is 180 Å². The molecule has 0 fully saturated rings. The van der Waals surface area contributed by atoms with Gasteiger partial charge in [-0.15, -0.1) is 0 Å². The van der Waals surface area contributed by atoms with Gasteiger partial charge < -0.3 is 5.11 Å². The van der Waals surface area contributed by atoms with Gasteiger partial charge in [0.05, 0.1) is 27.4 Å². The van der Waals surface area contributed by atoms with E-state index in [0.29, 0.717) is 24.1 Å². The minimum Gasteiger partial charge on any atom is -0.478 e. The standard InChI is InChI=1S/C22H16ClF3N2O3/c23-16-6-3-5-15(22(24,25)26)18(16)20(29)19-14-4-1-2-7-17(14)28(27-19)13-10-8-12(9-11-13)21(30)31/h3,5-6,8-11H,1-2,4,7H2,(H,30,31). The topological polar surface area (TPSA) is 72.2 Å². The lowest BCUT2D eigenvalue weighted by molar-refractivity contribution is -0.137. The highest BCUT2D eigenvalue weighted by molar-refractivity contribution is 6.35. The SMILES string of the molecule is O=C(O)c1ccc(-n2nc(C(=O)c3c(Cl)cccc3C(F)(F)F)c3c2CCCC3)cc1. The molecular formula is C22H16ClF3N2O3. The van der Waals surface area contributed by atoms with Crippen LogP contribution in [0.25, 0.3) is 5.69 Å². The summed E-state index contributed by atoms with van der Waals surface area (Å²) >= 11 is 6.02. The molecule has 2 aromatic carbocycles. The van der Waals surface area contributed by atoms with E-state index in [1.807, 2.05) is 0 Å². The molecule has 0 atom stereocenters. The number of alkyl halides is 3. The van der Waals surface area contributed by atoms with E-state index in [4.69, 9.17) is 16.7 Å². The quantitative estimate of drug-likeness (QED) is 0.546. The Bertz CT molecular complexity index is 1180. The summed E-state index contributed by atoms with van der Waals surface area (Å²) in [6, 6.07) is 9.15. The van der Waals surface area contributed by atoms with Crippen LogP contribution in [0, 0.1) is 0 Å². The zero-order chi connectivity index (χ0) is 22.3. The molecule has 3 aromatic rings. The van der Waals surface area contributed by atoms with Gasteiger partial charge in [0.25, 0.3) is 0 Å². The highest BCUT2D eigenvalue weighted by Crippen LogP contribution is 2.37. The van der Waals surface area contributed by atoms with Crippen molar-refractivity contribution in [1.29, 1.82) is 0 Å². The minimum absolute atomic E-state index is 0.0596. The lowest BCUT2D eigenvalue weighted by Gasteiger charge is -2.15. The Morgan fingerprint density at radius 2 is 1.71 bits per heavy atom. The molecule has 9 heteroatoms. The zero-order valence-electron chi connectivity index (χ0n) is 16.0. The number of nitrogens with zero attached hydrogens (tertiary/aromatic N) is 2. The summed E-state index contributed by atoms with van der Waals surface area (Å²) in [4.78, 5) is 24.4. The van der Waals surface area contributed by atoms with Gasteiger partial charge in [-0.2, -0.15) is 18.3 Å². The van der Waals surface area contributed by atoms with Crippen molar-refractivity contribution < 1.29 is 27.9 Å². The zero-order valence-corrected chi connectivity index (χ0v) is 16.8. The Hall–Kier alpha value is -3.13. The van der Waals surface area contributed by atoms with Crippen molar-refractivity contribution in [2.75, 3.05) is 0 Å². The predicted molar refractivity (Wildman–Crippen MR) is 107 cm³/mol. The first-order valence-electron chi connectivity index (χ1n) is 9.53. The first-order valence-corrected chi connectivity index (χ1v) is 9.91. The van der Waals surface area contributed by atoms with E-state index in [0.717, 1.165) is 30.7 Å². The Balaban J connectivity index is 1.86. The summed E-state index contributed by atoms with van der Waals surface area (Å²) in [6.07, 6.45) is -2.00. The minimum atomic E-state index is -4.74. The molecule has 31 heavy (non-hydrogen) atoms. The van der Waals surface area contributed by atoms with Gasteiger partial charge >= 0.3 is 12.1 Å². The second-order valence-corrected chi connectivity index (χ2v) is 7.64. The lowest BCUT2D eigenvalue weighted by Crippen LogP contribution is -2.16. The molecule has 5 nitrogen and oxygen atoms in total. The van der Waals surface area contributed by atoms with Crippen LogP contribution in [0.2, 0.25) is 5.02 Å². The number of ketones is 1. The summed E-state index contributed by atoms with van der Waals surface area (Å²) in [5.41, 5.74) is 0.177. The number of hydrogen-bond donors (Lipinski definition) is 1. The number of benzene rings is 2. The van der Waals surface area contributed by atoms with Crippen molar-refractivity contribution in [2.24, 2.45) is 0 Å². The third-order valence-corrected chi connectivity index (χ3v) is 5.62. The molecule has 0 bridgehead atoms. The summed E-state index contributed by atoms with van der Waals surface area (Å²) in [7, 11) is 0. The number of halogens is 4. The normalized spacial score (nSPS) is 13.7. The molecule has 0 aliphatic heterocycles. The number of carboxylic acid groups (broad SMARTS) is 1. The average molecular weight is 449 g/mol. The van der Waals surface area contributed by atoms with E-state index >= 15 is 0 Å². The highest BCUT2D eigenvalue weighted by atomic mass is 35.5. The number of carboxylic acids is 1. The van der Waals surface area contributed by atoms with Crippen molar-refractivity contribution in [1.82, 2.24) is 9.78 Å². The van der Waals surface area contributed by atoms with Crippen LogP contribution in [0.1, 0.15) is 56.1 Å².